The van der Waals surface area contributed by atoms with E-state index in [0.717, 1.165) is 24.9 Å². The molecule has 3 heteroatoms. The van der Waals surface area contributed by atoms with Crippen LogP contribution in [0, 0.1) is 0 Å². The average Bonchev–Trinajstić information content (AvgIpc) is 2.94. The second-order valence-corrected chi connectivity index (χ2v) is 4.49. The van der Waals surface area contributed by atoms with Gasteiger partial charge in [0.15, 0.2) is 0 Å². The maximum Gasteiger partial charge on any atom is 0.115 e. The summed E-state index contributed by atoms with van der Waals surface area (Å²) >= 11 is 0. The number of fused-ring (bicyclic) bond motifs is 1. The number of phenols is 1. The Balaban J connectivity index is 1.71. The summed E-state index contributed by atoms with van der Waals surface area (Å²) in [7, 11) is 0. The summed E-state index contributed by atoms with van der Waals surface area (Å²) in [6.07, 6.45) is 5.58. The molecule has 88 valence electrons. The number of aryl methyl sites for hydroxylation is 1. The molecule has 17 heavy (non-hydrogen) atoms. The molecule has 0 bridgehead atoms. The van der Waals surface area contributed by atoms with E-state index >= 15 is 0 Å². The van der Waals surface area contributed by atoms with Crippen LogP contribution < -0.4 is 5.32 Å². The predicted molar refractivity (Wildman–Crippen MR) is 64.7 cm³/mol. The Bertz CT molecular complexity index is 505. The van der Waals surface area contributed by atoms with Crippen LogP contribution in [0.15, 0.2) is 41.2 Å². The summed E-state index contributed by atoms with van der Waals surface area (Å²) in [6.45, 7) is 0.821. The molecule has 1 aromatic heterocycles. The maximum atomic E-state index is 9.43. The van der Waals surface area contributed by atoms with E-state index in [0.29, 0.717) is 11.8 Å². The normalized spacial score (nSPS) is 18.2. The van der Waals surface area contributed by atoms with Gasteiger partial charge in [0.05, 0.1) is 12.5 Å². The third kappa shape index (κ3) is 2.06. The van der Waals surface area contributed by atoms with Crippen LogP contribution in [0.1, 0.15) is 29.2 Å². The lowest BCUT2D eigenvalue weighted by molar-refractivity contribution is 0.474. The highest BCUT2D eigenvalue weighted by Gasteiger charge is 2.21. The second-order valence-electron chi connectivity index (χ2n) is 4.49. The standard InChI is InChI=1S/C14H15NO2/c16-12-2-3-13-11(7-12)1-4-14(13)15-8-10-5-6-17-9-10/h2-3,5-7,9,14-16H,1,4,8H2. The van der Waals surface area contributed by atoms with Crippen molar-refractivity contribution >= 4 is 0 Å². The van der Waals surface area contributed by atoms with Crippen molar-refractivity contribution in [3.05, 3.63) is 53.5 Å². The molecule has 2 aromatic rings. The second kappa shape index (κ2) is 4.26. The SMILES string of the molecule is Oc1ccc2c(c1)CCC2NCc1ccoc1. The molecule has 0 saturated carbocycles. The predicted octanol–water partition coefficient (Wildman–Crippen LogP) is 2.76. The van der Waals surface area contributed by atoms with E-state index in [9.17, 15) is 5.11 Å². The van der Waals surface area contributed by atoms with Gasteiger partial charge in [-0.1, -0.05) is 6.07 Å². The van der Waals surface area contributed by atoms with Crippen LogP contribution in [0.4, 0.5) is 0 Å². The first-order valence-corrected chi connectivity index (χ1v) is 5.89. The van der Waals surface area contributed by atoms with Crippen molar-refractivity contribution in [3.8, 4) is 5.75 Å². The van der Waals surface area contributed by atoms with Crippen molar-refractivity contribution in [2.24, 2.45) is 0 Å². The molecular formula is C14H15NO2. The number of furan rings is 1. The van der Waals surface area contributed by atoms with Gasteiger partial charge in [0, 0.05) is 18.2 Å². The third-order valence-corrected chi connectivity index (χ3v) is 3.34. The number of aromatic hydroxyl groups is 1. The number of hydrogen-bond donors (Lipinski definition) is 2. The molecule has 1 atom stereocenters. The van der Waals surface area contributed by atoms with E-state index in [-0.39, 0.29) is 0 Å². The van der Waals surface area contributed by atoms with Crippen molar-refractivity contribution in [2.75, 3.05) is 0 Å². The fourth-order valence-corrected chi connectivity index (χ4v) is 2.45. The van der Waals surface area contributed by atoms with E-state index in [1.54, 1.807) is 18.6 Å². The first kappa shape index (κ1) is 10.4. The highest BCUT2D eigenvalue weighted by molar-refractivity contribution is 5.40. The van der Waals surface area contributed by atoms with E-state index in [1.807, 2.05) is 18.2 Å². The summed E-state index contributed by atoms with van der Waals surface area (Å²) < 4.78 is 5.04. The van der Waals surface area contributed by atoms with Gasteiger partial charge >= 0.3 is 0 Å². The van der Waals surface area contributed by atoms with E-state index in [2.05, 4.69) is 5.32 Å². The summed E-state index contributed by atoms with van der Waals surface area (Å²) in [5.41, 5.74) is 3.73. The molecule has 1 heterocycles. The summed E-state index contributed by atoms with van der Waals surface area (Å²) in [5.74, 6) is 0.360. The van der Waals surface area contributed by atoms with Crippen molar-refractivity contribution in [1.29, 1.82) is 0 Å². The molecule has 0 amide bonds. The van der Waals surface area contributed by atoms with Crippen LogP contribution in [0.2, 0.25) is 0 Å². The number of nitrogens with one attached hydrogen (secondary N) is 1. The van der Waals surface area contributed by atoms with E-state index in [4.69, 9.17) is 4.42 Å². The number of hydrogen-bond acceptors (Lipinski definition) is 3. The Labute approximate surface area is 100 Å². The molecule has 1 unspecified atom stereocenters. The van der Waals surface area contributed by atoms with Gasteiger partial charge in [0.2, 0.25) is 0 Å². The number of phenolic OH excluding ortho intramolecular Hbond substituents is 1. The van der Waals surface area contributed by atoms with Gasteiger partial charge in [-0.25, -0.2) is 0 Å². The Morgan fingerprint density at radius 3 is 3.12 bits per heavy atom. The van der Waals surface area contributed by atoms with Gasteiger partial charge in [0.1, 0.15) is 5.75 Å². The van der Waals surface area contributed by atoms with Gasteiger partial charge in [0.25, 0.3) is 0 Å². The highest BCUT2D eigenvalue weighted by Crippen LogP contribution is 2.33. The van der Waals surface area contributed by atoms with Gasteiger partial charge in [-0.3, -0.25) is 0 Å². The Kier molecular flexibility index (Phi) is 2.61. The molecule has 3 rings (SSSR count). The summed E-state index contributed by atoms with van der Waals surface area (Å²) in [4.78, 5) is 0. The Morgan fingerprint density at radius 1 is 1.35 bits per heavy atom. The van der Waals surface area contributed by atoms with Gasteiger partial charge in [-0.05, 0) is 42.2 Å². The van der Waals surface area contributed by atoms with E-state index < -0.39 is 0 Å². The van der Waals surface area contributed by atoms with Crippen LogP contribution in [-0.4, -0.2) is 5.11 Å². The topological polar surface area (TPSA) is 45.4 Å². The van der Waals surface area contributed by atoms with Crippen LogP contribution >= 0.6 is 0 Å². The lowest BCUT2D eigenvalue weighted by Crippen LogP contribution is -2.18. The van der Waals surface area contributed by atoms with Crippen LogP contribution in [0.5, 0.6) is 5.75 Å². The molecule has 1 aliphatic rings. The average molecular weight is 229 g/mol. The first-order valence-electron chi connectivity index (χ1n) is 5.89. The Morgan fingerprint density at radius 2 is 2.29 bits per heavy atom. The molecule has 3 nitrogen and oxygen atoms in total. The highest BCUT2D eigenvalue weighted by atomic mass is 16.3. The monoisotopic (exact) mass is 229 g/mol. The minimum Gasteiger partial charge on any atom is -0.508 e. The van der Waals surface area contributed by atoms with Crippen molar-refractivity contribution < 1.29 is 9.52 Å². The lowest BCUT2D eigenvalue weighted by atomic mass is 10.1. The summed E-state index contributed by atoms with van der Waals surface area (Å²) in [6, 6.07) is 8.01. The largest absolute Gasteiger partial charge is 0.508 e. The van der Waals surface area contributed by atoms with Crippen molar-refractivity contribution in [1.82, 2.24) is 5.32 Å². The molecule has 2 N–H and O–H groups in total. The zero-order chi connectivity index (χ0) is 11.7. The van der Waals surface area contributed by atoms with Crippen LogP contribution in [0.25, 0.3) is 0 Å². The van der Waals surface area contributed by atoms with Crippen molar-refractivity contribution in [3.63, 3.8) is 0 Å². The van der Waals surface area contributed by atoms with Gasteiger partial charge in [-0.15, -0.1) is 0 Å². The quantitative estimate of drug-likeness (QED) is 0.850. The molecular weight excluding hydrogens is 214 g/mol. The number of rotatable bonds is 3. The summed E-state index contributed by atoms with van der Waals surface area (Å²) in [5, 5.41) is 12.9. The van der Waals surface area contributed by atoms with Crippen LogP contribution in [-0.2, 0) is 13.0 Å². The smallest absolute Gasteiger partial charge is 0.115 e. The lowest BCUT2D eigenvalue weighted by Gasteiger charge is -2.13. The van der Waals surface area contributed by atoms with Gasteiger partial charge in [-0.2, -0.15) is 0 Å². The molecule has 0 radical (unpaired) electrons. The molecule has 0 fully saturated rings. The first-order chi connectivity index (χ1) is 8.33. The Hall–Kier alpha value is -1.74. The number of benzene rings is 1. The minimum atomic E-state index is 0.360. The van der Waals surface area contributed by atoms with Gasteiger partial charge < -0.3 is 14.8 Å². The van der Waals surface area contributed by atoms with Crippen LogP contribution in [0.3, 0.4) is 0 Å². The third-order valence-electron chi connectivity index (χ3n) is 3.34. The molecule has 1 aromatic carbocycles. The molecule has 0 saturated heterocycles. The fourth-order valence-electron chi connectivity index (χ4n) is 2.45. The maximum absolute atomic E-state index is 9.43. The minimum absolute atomic E-state index is 0.360. The molecule has 0 spiro atoms. The fraction of sp³-hybridized carbons (Fsp3) is 0.286. The zero-order valence-corrected chi connectivity index (χ0v) is 9.52. The molecule has 0 aliphatic heterocycles. The van der Waals surface area contributed by atoms with E-state index in [1.165, 1.54) is 11.1 Å². The molecule has 1 aliphatic carbocycles. The van der Waals surface area contributed by atoms with Crippen molar-refractivity contribution in [2.45, 2.75) is 25.4 Å². The zero-order valence-electron chi connectivity index (χ0n) is 9.52.